The molecule has 2 N–H and O–H groups in total. The molecule has 0 saturated heterocycles. The summed E-state index contributed by atoms with van der Waals surface area (Å²) in [5.41, 5.74) is 1.60. The molecule has 0 aliphatic carbocycles. The van der Waals surface area contributed by atoms with Crippen molar-refractivity contribution in [1.29, 1.82) is 0 Å². The number of hydrogen-bond donors (Lipinski definition) is 2. The van der Waals surface area contributed by atoms with E-state index in [1.807, 2.05) is 25.3 Å². The van der Waals surface area contributed by atoms with Gasteiger partial charge in [-0.25, -0.2) is 17.8 Å². The average molecular weight is 448 g/mol. The van der Waals surface area contributed by atoms with Gasteiger partial charge in [0.05, 0.1) is 5.69 Å². The van der Waals surface area contributed by atoms with E-state index in [4.69, 9.17) is 0 Å². The van der Waals surface area contributed by atoms with Crippen molar-refractivity contribution in [3.8, 4) is 0 Å². The molecule has 0 bridgehead atoms. The Bertz CT molecular complexity index is 1120. The largest absolute Gasteiger partial charge is 0.301 e. The highest BCUT2D eigenvalue weighted by atomic mass is 32.2. The molecule has 158 valence electrons. The molecular weight excluding hydrogens is 425 g/mol. The van der Waals surface area contributed by atoms with Crippen LogP contribution in [0, 0.1) is 5.82 Å². The fourth-order valence-electron chi connectivity index (χ4n) is 2.75. The minimum absolute atomic E-state index is 0.1000. The van der Waals surface area contributed by atoms with Crippen LogP contribution in [0.3, 0.4) is 0 Å². The first-order valence-corrected chi connectivity index (χ1v) is 11.7. The van der Waals surface area contributed by atoms with Crippen LogP contribution in [0.2, 0.25) is 0 Å². The third-order valence-corrected chi connectivity index (χ3v) is 6.65. The number of nitrogens with zero attached hydrogens (tertiary/aromatic N) is 1. The summed E-state index contributed by atoms with van der Waals surface area (Å²) in [6.45, 7) is 3.97. The number of aromatic nitrogens is 1. The summed E-state index contributed by atoms with van der Waals surface area (Å²) in [6.07, 6.45) is 0.1000. The van der Waals surface area contributed by atoms with Gasteiger partial charge in [-0.1, -0.05) is 56.3 Å². The number of thiazole rings is 1. The molecule has 1 heterocycles. The molecule has 0 radical (unpaired) electrons. The summed E-state index contributed by atoms with van der Waals surface area (Å²) < 4.78 is 41.9. The smallest absolute Gasteiger partial charge is 0.244 e. The lowest BCUT2D eigenvalue weighted by Gasteiger charge is -2.18. The minimum atomic E-state index is -4.26. The number of anilines is 1. The molecule has 1 atom stereocenters. The van der Waals surface area contributed by atoms with Gasteiger partial charge in [0.1, 0.15) is 16.8 Å². The molecule has 1 aromatic heterocycles. The lowest BCUT2D eigenvalue weighted by molar-refractivity contribution is -0.117. The van der Waals surface area contributed by atoms with Gasteiger partial charge >= 0.3 is 0 Å². The number of halogens is 1. The number of hydrogen-bond acceptors (Lipinski definition) is 5. The van der Waals surface area contributed by atoms with Crippen molar-refractivity contribution in [3.63, 3.8) is 0 Å². The van der Waals surface area contributed by atoms with E-state index in [0.717, 1.165) is 23.4 Å². The van der Waals surface area contributed by atoms with E-state index in [1.54, 1.807) is 24.3 Å². The minimum Gasteiger partial charge on any atom is -0.301 e. The van der Waals surface area contributed by atoms with Gasteiger partial charge in [0.15, 0.2) is 5.13 Å². The first kappa shape index (κ1) is 22.1. The third-order valence-electron chi connectivity index (χ3n) is 4.37. The molecule has 30 heavy (non-hydrogen) atoms. The maximum Gasteiger partial charge on any atom is 0.244 e. The molecule has 3 aromatic rings. The Morgan fingerprint density at radius 2 is 1.77 bits per heavy atom. The van der Waals surface area contributed by atoms with E-state index in [9.17, 15) is 17.6 Å². The van der Waals surface area contributed by atoms with Gasteiger partial charge in [-0.05, 0) is 30.0 Å². The lowest BCUT2D eigenvalue weighted by Crippen LogP contribution is -2.45. The summed E-state index contributed by atoms with van der Waals surface area (Å²) in [7, 11) is -4.26. The number of rotatable bonds is 8. The van der Waals surface area contributed by atoms with E-state index < -0.39 is 32.7 Å². The first-order chi connectivity index (χ1) is 14.3. The Hall–Kier alpha value is -2.62. The molecule has 2 aromatic carbocycles. The van der Waals surface area contributed by atoms with Crippen molar-refractivity contribution in [3.05, 3.63) is 77.1 Å². The van der Waals surface area contributed by atoms with Crippen LogP contribution >= 0.6 is 11.3 Å². The highest BCUT2D eigenvalue weighted by molar-refractivity contribution is 7.89. The molecule has 3 rings (SSSR count). The van der Waals surface area contributed by atoms with E-state index in [0.29, 0.717) is 5.13 Å². The van der Waals surface area contributed by atoms with Crippen LogP contribution in [-0.2, 0) is 21.2 Å². The summed E-state index contributed by atoms with van der Waals surface area (Å²) in [6, 6.07) is 12.9. The Kier molecular flexibility index (Phi) is 6.96. The molecule has 1 unspecified atom stereocenters. The molecule has 0 fully saturated rings. The van der Waals surface area contributed by atoms with E-state index in [-0.39, 0.29) is 12.3 Å². The average Bonchev–Trinajstić information content (AvgIpc) is 3.17. The van der Waals surface area contributed by atoms with Crippen LogP contribution in [0.4, 0.5) is 9.52 Å². The molecule has 0 spiro atoms. The molecule has 0 saturated carbocycles. The van der Waals surface area contributed by atoms with Crippen molar-refractivity contribution in [2.45, 2.75) is 37.1 Å². The van der Waals surface area contributed by atoms with E-state index >= 15 is 0 Å². The molecule has 0 aliphatic heterocycles. The van der Waals surface area contributed by atoms with Crippen LogP contribution < -0.4 is 10.0 Å². The van der Waals surface area contributed by atoms with Crippen molar-refractivity contribution < 1.29 is 17.6 Å². The van der Waals surface area contributed by atoms with Crippen molar-refractivity contribution in [2.24, 2.45) is 0 Å². The van der Waals surface area contributed by atoms with Crippen molar-refractivity contribution >= 4 is 32.4 Å². The Morgan fingerprint density at radius 3 is 2.40 bits per heavy atom. The molecule has 9 heteroatoms. The van der Waals surface area contributed by atoms with Crippen LogP contribution in [0.5, 0.6) is 0 Å². The molecule has 1 amide bonds. The number of sulfonamides is 1. The summed E-state index contributed by atoms with van der Waals surface area (Å²) in [4.78, 5) is 16.8. The zero-order valence-electron chi connectivity index (χ0n) is 16.5. The number of benzene rings is 2. The fourth-order valence-corrected chi connectivity index (χ4v) is 4.90. The zero-order valence-corrected chi connectivity index (χ0v) is 18.1. The summed E-state index contributed by atoms with van der Waals surface area (Å²) in [5.74, 6) is -1.25. The standard InChI is InChI=1S/C21H22FN3O3S2/c1-14(2)18-13-29-21(23-18)24-20(26)17(12-15-8-4-3-5-9-15)25-30(27,28)19-11-7-6-10-16(19)22/h3-11,13-14,17,25H,12H2,1-2H3,(H,23,24,26). The second-order valence-corrected chi connectivity index (χ2v) is 9.56. The van der Waals surface area contributed by atoms with E-state index in [2.05, 4.69) is 15.0 Å². The van der Waals surface area contributed by atoms with Gasteiger partial charge in [-0.15, -0.1) is 11.3 Å². The summed E-state index contributed by atoms with van der Waals surface area (Å²) in [5, 5.41) is 4.90. The highest BCUT2D eigenvalue weighted by Gasteiger charge is 2.28. The predicted octanol–water partition coefficient (Wildman–Crippen LogP) is 3.93. The normalized spacial score (nSPS) is 12.7. The second-order valence-electron chi connectivity index (χ2n) is 7.02. The monoisotopic (exact) mass is 447 g/mol. The molecule has 6 nitrogen and oxygen atoms in total. The maximum atomic E-state index is 14.1. The van der Waals surface area contributed by atoms with Crippen molar-refractivity contribution in [2.75, 3.05) is 5.32 Å². The topological polar surface area (TPSA) is 88.2 Å². The van der Waals surface area contributed by atoms with Crippen LogP contribution in [0.15, 0.2) is 64.9 Å². The van der Waals surface area contributed by atoms with Gasteiger partial charge in [-0.3, -0.25) is 4.79 Å². The zero-order chi connectivity index (χ0) is 21.7. The molecular formula is C21H22FN3O3S2. The Balaban J connectivity index is 1.86. The predicted molar refractivity (Wildman–Crippen MR) is 115 cm³/mol. The lowest BCUT2D eigenvalue weighted by atomic mass is 10.1. The molecule has 0 aliphatic rings. The fraction of sp³-hybridized carbons (Fsp3) is 0.238. The number of amides is 1. The Morgan fingerprint density at radius 1 is 1.10 bits per heavy atom. The SMILES string of the molecule is CC(C)c1csc(NC(=O)C(Cc2ccccc2)NS(=O)(=O)c2ccccc2F)n1. The third kappa shape index (κ3) is 5.50. The van der Waals surface area contributed by atoms with Crippen LogP contribution in [-0.4, -0.2) is 25.4 Å². The van der Waals surface area contributed by atoms with Gasteiger partial charge < -0.3 is 5.32 Å². The number of carbonyl (C=O) groups is 1. The second kappa shape index (κ2) is 9.46. The van der Waals surface area contributed by atoms with Gasteiger partial charge in [0.25, 0.3) is 0 Å². The first-order valence-electron chi connectivity index (χ1n) is 9.33. The number of nitrogens with one attached hydrogen (secondary N) is 2. The van der Waals surface area contributed by atoms with Crippen LogP contribution in [0.25, 0.3) is 0 Å². The Labute approximate surface area is 179 Å². The van der Waals surface area contributed by atoms with Crippen LogP contribution in [0.1, 0.15) is 31.0 Å². The number of carbonyl (C=O) groups excluding carboxylic acids is 1. The highest BCUT2D eigenvalue weighted by Crippen LogP contribution is 2.22. The van der Waals surface area contributed by atoms with Gasteiger partial charge in [0.2, 0.25) is 15.9 Å². The van der Waals surface area contributed by atoms with Gasteiger partial charge in [0, 0.05) is 5.38 Å². The van der Waals surface area contributed by atoms with Gasteiger partial charge in [-0.2, -0.15) is 4.72 Å². The van der Waals surface area contributed by atoms with Crippen molar-refractivity contribution in [1.82, 2.24) is 9.71 Å². The summed E-state index contributed by atoms with van der Waals surface area (Å²) >= 11 is 1.27. The maximum absolute atomic E-state index is 14.1. The van der Waals surface area contributed by atoms with E-state index in [1.165, 1.54) is 23.5 Å². The quantitative estimate of drug-likeness (QED) is 0.548.